The smallest absolute Gasteiger partial charge is 0.329 e. The van der Waals surface area contributed by atoms with Crippen molar-refractivity contribution in [1.82, 2.24) is 4.90 Å². The third kappa shape index (κ3) is 3.05. The maximum Gasteiger partial charge on any atom is 0.329 e. The first-order chi connectivity index (χ1) is 10.0. The Morgan fingerprint density at radius 3 is 2.71 bits per heavy atom. The van der Waals surface area contributed by atoms with E-state index in [1.807, 2.05) is 25.1 Å². The van der Waals surface area contributed by atoms with E-state index >= 15 is 0 Å². The molecule has 5 heteroatoms. The van der Waals surface area contributed by atoms with Crippen LogP contribution in [0.4, 0.5) is 0 Å². The van der Waals surface area contributed by atoms with Gasteiger partial charge in [0, 0.05) is 18.0 Å². The maximum atomic E-state index is 12.4. The number of nitrogens with zero attached hydrogens (tertiary/aromatic N) is 1. The van der Waals surface area contributed by atoms with Gasteiger partial charge in [0.2, 0.25) is 5.91 Å². The van der Waals surface area contributed by atoms with Gasteiger partial charge in [-0.25, -0.2) is 4.79 Å². The van der Waals surface area contributed by atoms with Crippen LogP contribution < -0.4 is 0 Å². The summed E-state index contributed by atoms with van der Waals surface area (Å²) in [4.78, 5) is 25.6. The Hall–Kier alpha value is -1.55. The van der Waals surface area contributed by atoms with Gasteiger partial charge in [-0.3, -0.25) is 4.79 Å². The Morgan fingerprint density at radius 1 is 1.38 bits per heavy atom. The van der Waals surface area contributed by atoms with Crippen molar-refractivity contribution < 1.29 is 14.7 Å². The minimum absolute atomic E-state index is 0.100. The van der Waals surface area contributed by atoms with Crippen molar-refractivity contribution in [3.63, 3.8) is 0 Å². The molecule has 1 fully saturated rings. The van der Waals surface area contributed by atoms with Gasteiger partial charge in [0.1, 0.15) is 5.54 Å². The minimum Gasteiger partial charge on any atom is -0.479 e. The van der Waals surface area contributed by atoms with Crippen molar-refractivity contribution in [2.75, 3.05) is 6.54 Å². The molecule has 0 bridgehead atoms. The van der Waals surface area contributed by atoms with Gasteiger partial charge in [0.25, 0.3) is 0 Å². The Balaban J connectivity index is 2.06. The van der Waals surface area contributed by atoms with E-state index in [9.17, 15) is 14.7 Å². The number of aryl methyl sites for hydroxylation is 1. The number of amides is 1. The number of hydrogen-bond acceptors (Lipinski definition) is 2. The van der Waals surface area contributed by atoms with Gasteiger partial charge in [-0.1, -0.05) is 36.7 Å². The van der Waals surface area contributed by atoms with Crippen LogP contribution in [0.3, 0.4) is 0 Å². The molecule has 4 nitrogen and oxygen atoms in total. The molecule has 1 atom stereocenters. The van der Waals surface area contributed by atoms with Crippen LogP contribution in [-0.4, -0.2) is 34.0 Å². The predicted octanol–water partition coefficient (Wildman–Crippen LogP) is 3.13. The Kier molecular flexibility index (Phi) is 4.88. The number of rotatable bonds is 5. The molecule has 21 heavy (non-hydrogen) atoms. The lowest BCUT2D eigenvalue weighted by molar-refractivity contribution is -0.156. The van der Waals surface area contributed by atoms with Crippen LogP contribution in [0.2, 0.25) is 5.02 Å². The van der Waals surface area contributed by atoms with Gasteiger partial charge in [0.15, 0.2) is 0 Å². The molecule has 114 valence electrons. The number of carbonyl (C=O) groups excluding carboxylic acids is 1. The first kappa shape index (κ1) is 15.8. The van der Waals surface area contributed by atoms with Crippen molar-refractivity contribution in [2.45, 2.75) is 44.6 Å². The first-order valence-electron chi connectivity index (χ1n) is 7.28. The summed E-state index contributed by atoms with van der Waals surface area (Å²) in [6.45, 7) is 2.36. The molecule has 1 amide bonds. The van der Waals surface area contributed by atoms with Gasteiger partial charge in [-0.2, -0.15) is 0 Å². The molecule has 0 aliphatic carbocycles. The van der Waals surface area contributed by atoms with Crippen LogP contribution in [-0.2, 0) is 16.0 Å². The lowest BCUT2D eigenvalue weighted by Crippen LogP contribution is -2.52. The maximum absolute atomic E-state index is 12.4. The average molecular weight is 310 g/mol. The highest BCUT2D eigenvalue weighted by Crippen LogP contribution is 2.33. The van der Waals surface area contributed by atoms with Crippen molar-refractivity contribution >= 4 is 23.5 Å². The Bertz CT molecular complexity index is 546. The second kappa shape index (κ2) is 6.48. The number of carboxylic acids is 1. The molecule has 1 aromatic carbocycles. The van der Waals surface area contributed by atoms with Crippen molar-refractivity contribution in [3.05, 3.63) is 34.9 Å². The first-order valence-corrected chi connectivity index (χ1v) is 7.66. The average Bonchev–Trinajstić information content (AvgIpc) is 2.91. The summed E-state index contributed by atoms with van der Waals surface area (Å²) in [5.41, 5.74) is -0.0958. The number of carboxylic acid groups (broad SMARTS) is 1. The number of benzene rings is 1. The third-order valence-electron chi connectivity index (χ3n) is 4.34. The number of carbonyl (C=O) groups is 2. The van der Waals surface area contributed by atoms with Crippen molar-refractivity contribution in [3.8, 4) is 0 Å². The summed E-state index contributed by atoms with van der Waals surface area (Å²) in [6, 6.07) is 7.42. The Labute approximate surface area is 129 Å². The number of hydrogen-bond donors (Lipinski definition) is 1. The van der Waals surface area contributed by atoms with Gasteiger partial charge >= 0.3 is 5.97 Å². The fourth-order valence-electron chi connectivity index (χ4n) is 3.06. The normalized spacial score (nSPS) is 21.5. The van der Waals surface area contributed by atoms with E-state index < -0.39 is 11.5 Å². The van der Waals surface area contributed by atoms with Gasteiger partial charge < -0.3 is 10.0 Å². The van der Waals surface area contributed by atoms with Gasteiger partial charge in [-0.15, -0.1) is 0 Å². The zero-order valence-corrected chi connectivity index (χ0v) is 12.9. The molecular formula is C16H20ClNO3. The van der Waals surface area contributed by atoms with Crippen LogP contribution in [0.25, 0.3) is 0 Å². The van der Waals surface area contributed by atoms with Crippen molar-refractivity contribution in [2.24, 2.45) is 0 Å². The van der Waals surface area contributed by atoms with E-state index in [-0.39, 0.29) is 5.91 Å². The van der Waals surface area contributed by atoms with E-state index in [0.29, 0.717) is 37.3 Å². The van der Waals surface area contributed by atoms with E-state index in [0.717, 1.165) is 12.0 Å². The van der Waals surface area contributed by atoms with Crippen LogP contribution in [0.1, 0.15) is 38.2 Å². The Morgan fingerprint density at radius 2 is 2.10 bits per heavy atom. The summed E-state index contributed by atoms with van der Waals surface area (Å²) in [6.07, 6.45) is 2.56. The van der Waals surface area contributed by atoms with Crippen LogP contribution >= 0.6 is 11.6 Å². The SMILES string of the molecule is CCC1(C(=O)O)CCCN1C(=O)CCc1ccccc1Cl. The molecule has 1 aromatic rings. The van der Waals surface area contributed by atoms with E-state index in [4.69, 9.17) is 11.6 Å². The molecule has 0 radical (unpaired) electrons. The summed E-state index contributed by atoms with van der Waals surface area (Å²) < 4.78 is 0. The quantitative estimate of drug-likeness (QED) is 0.909. The van der Waals surface area contributed by atoms with E-state index in [2.05, 4.69) is 0 Å². The predicted molar refractivity (Wildman–Crippen MR) is 81.4 cm³/mol. The van der Waals surface area contributed by atoms with Crippen LogP contribution in [0.15, 0.2) is 24.3 Å². The minimum atomic E-state index is -1.02. The lowest BCUT2D eigenvalue weighted by atomic mass is 9.92. The summed E-state index contributed by atoms with van der Waals surface area (Å²) in [5, 5.41) is 10.1. The standard InChI is InChI=1S/C16H20ClNO3/c1-2-16(15(20)21)10-5-11-18(16)14(19)9-8-12-6-3-4-7-13(12)17/h3-4,6-7H,2,5,8-11H2,1H3,(H,20,21). The third-order valence-corrected chi connectivity index (χ3v) is 4.71. The molecule has 1 N–H and O–H groups in total. The lowest BCUT2D eigenvalue weighted by Gasteiger charge is -2.34. The van der Waals surface area contributed by atoms with E-state index in [1.54, 1.807) is 11.0 Å². The highest BCUT2D eigenvalue weighted by molar-refractivity contribution is 6.31. The number of likely N-dealkylation sites (tertiary alicyclic amines) is 1. The second-order valence-corrected chi connectivity index (χ2v) is 5.84. The molecule has 1 heterocycles. The molecule has 0 saturated carbocycles. The molecular weight excluding hydrogens is 290 g/mol. The summed E-state index contributed by atoms with van der Waals surface area (Å²) >= 11 is 6.08. The molecule has 1 saturated heterocycles. The molecule has 0 aromatic heterocycles. The fraction of sp³-hybridized carbons (Fsp3) is 0.500. The second-order valence-electron chi connectivity index (χ2n) is 5.43. The molecule has 1 aliphatic heterocycles. The zero-order valence-electron chi connectivity index (χ0n) is 12.1. The monoisotopic (exact) mass is 309 g/mol. The fourth-order valence-corrected chi connectivity index (χ4v) is 3.29. The summed E-state index contributed by atoms with van der Waals surface area (Å²) in [5.74, 6) is -0.995. The summed E-state index contributed by atoms with van der Waals surface area (Å²) in [7, 11) is 0. The zero-order chi connectivity index (χ0) is 15.5. The molecule has 1 unspecified atom stereocenters. The highest BCUT2D eigenvalue weighted by atomic mass is 35.5. The van der Waals surface area contributed by atoms with Gasteiger partial charge in [0.05, 0.1) is 0 Å². The highest BCUT2D eigenvalue weighted by Gasteiger charge is 2.48. The van der Waals surface area contributed by atoms with Crippen LogP contribution in [0, 0.1) is 0 Å². The van der Waals surface area contributed by atoms with E-state index in [1.165, 1.54) is 0 Å². The molecule has 2 rings (SSSR count). The largest absolute Gasteiger partial charge is 0.479 e. The van der Waals surface area contributed by atoms with Gasteiger partial charge in [-0.05, 0) is 37.3 Å². The number of halogens is 1. The molecule has 0 spiro atoms. The van der Waals surface area contributed by atoms with Crippen LogP contribution in [0.5, 0.6) is 0 Å². The molecule has 1 aliphatic rings. The number of aliphatic carboxylic acids is 1. The van der Waals surface area contributed by atoms with Crippen molar-refractivity contribution in [1.29, 1.82) is 0 Å². The topological polar surface area (TPSA) is 57.6 Å².